The molecule has 0 amide bonds. The molecule has 0 aliphatic rings. The molecule has 0 aliphatic heterocycles. The molecule has 5 nitrogen and oxygen atoms in total. The second-order valence-corrected chi connectivity index (χ2v) is 3.32. The SMILES string of the molecule is O=C(O)CCCCCCO[P+](=O)[O-]. The topological polar surface area (TPSA) is 86.7 Å². The number of hydrogen-bond donors (Lipinski definition) is 1. The molecule has 0 radical (unpaired) electrons. The van der Waals surface area contributed by atoms with Crippen LogP contribution in [0.4, 0.5) is 0 Å². The Kier molecular flexibility index (Phi) is 7.79. The highest BCUT2D eigenvalue weighted by molar-refractivity contribution is 7.30. The van der Waals surface area contributed by atoms with Crippen molar-refractivity contribution in [1.29, 1.82) is 0 Å². The highest BCUT2D eigenvalue weighted by Gasteiger charge is 2.00. The molecule has 0 aliphatic carbocycles. The van der Waals surface area contributed by atoms with E-state index in [-0.39, 0.29) is 13.0 Å². The van der Waals surface area contributed by atoms with Crippen molar-refractivity contribution in [3.63, 3.8) is 0 Å². The van der Waals surface area contributed by atoms with E-state index in [0.29, 0.717) is 12.8 Å². The first-order valence-corrected chi connectivity index (χ1v) is 5.21. The van der Waals surface area contributed by atoms with Crippen LogP contribution >= 0.6 is 8.25 Å². The maximum absolute atomic E-state index is 10.1. The summed E-state index contributed by atoms with van der Waals surface area (Å²) in [5.74, 6) is -0.793. The van der Waals surface area contributed by atoms with Gasteiger partial charge in [0, 0.05) is 6.42 Å². The summed E-state index contributed by atoms with van der Waals surface area (Å²) >= 11 is 0. The van der Waals surface area contributed by atoms with Crippen LogP contribution < -0.4 is 4.89 Å². The van der Waals surface area contributed by atoms with E-state index in [9.17, 15) is 14.3 Å². The van der Waals surface area contributed by atoms with Gasteiger partial charge in [-0.2, -0.15) is 0 Å². The van der Waals surface area contributed by atoms with Crippen molar-refractivity contribution in [2.45, 2.75) is 32.1 Å². The van der Waals surface area contributed by atoms with Gasteiger partial charge in [0.05, 0.1) is 0 Å². The molecule has 0 spiro atoms. The normalized spacial score (nSPS) is 11.3. The molecule has 0 aromatic heterocycles. The van der Waals surface area contributed by atoms with Gasteiger partial charge in [-0.25, -0.2) is 0 Å². The molecule has 0 aromatic rings. The average Bonchev–Trinajstić information content (AvgIpc) is 2.01. The molecule has 0 rings (SSSR count). The van der Waals surface area contributed by atoms with Crippen LogP contribution in [0, 0.1) is 0 Å². The number of hydrogen-bond acceptors (Lipinski definition) is 4. The smallest absolute Gasteiger partial charge is 0.488 e. The molecule has 76 valence electrons. The third-order valence-corrected chi connectivity index (χ3v) is 1.88. The third-order valence-electron chi connectivity index (χ3n) is 1.48. The van der Waals surface area contributed by atoms with Crippen LogP contribution in [0.3, 0.4) is 0 Å². The highest BCUT2D eigenvalue weighted by atomic mass is 31.1. The first kappa shape index (κ1) is 12.5. The fourth-order valence-corrected chi connectivity index (χ4v) is 1.15. The monoisotopic (exact) mass is 208 g/mol. The molecule has 0 fully saturated rings. The van der Waals surface area contributed by atoms with Gasteiger partial charge in [-0.1, -0.05) is 12.8 Å². The molecular weight excluding hydrogens is 195 g/mol. The maximum Gasteiger partial charge on any atom is 0.488 e. The molecule has 0 heterocycles. The van der Waals surface area contributed by atoms with E-state index >= 15 is 0 Å². The van der Waals surface area contributed by atoms with Crippen molar-refractivity contribution in [2.24, 2.45) is 0 Å². The Morgan fingerprint density at radius 3 is 2.46 bits per heavy atom. The fraction of sp³-hybridized carbons (Fsp3) is 0.857. The summed E-state index contributed by atoms with van der Waals surface area (Å²) < 4.78 is 14.2. The summed E-state index contributed by atoms with van der Waals surface area (Å²) in [7, 11) is -2.73. The Morgan fingerprint density at radius 2 is 1.92 bits per heavy atom. The van der Waals surface area contributed by atoms with Crippen LogP contribution in [0.5, 0.6) is 0 Å². The number of rotatable bonds is 8. The van der Waals surface area contributed by atoms with Crippen LogP contribution in [0.15, 0.2) is 0 Å². The van der Waals surface area contributed by atoms with Gasteiger partial charge in [-0.15, -0.1) is 4.52 Å². The summed E-state index contributed by atoms with van der Waals surface area (Å²) in [4.78, 5) is 20.0. The maximum atomic E-state index is 10.1. The van der Waals surface area contributed by atoms with Crippen LogP contribution in [-0.4, -0.2) is 17.7 Å². The van der Waals surface area contributed by atoms with Gasteiger partial charge in [0.25, 0.3) is 0 Å². The summed E-state index contributed by atoms with van der Waals surface area (Å²) in [6, 6.07) is 0. The largest absolute Gasteiger partial charge is 0.566 e. The molecule has 0 saturated heterocycles. The van der Waals surface area contributed by atoms with Crippen LogP contribution in [0.2, 0.25) is 0 Å². The lowest BCUT2D eigenvalue weighted by molar-refractivity contribution is -0.185. The lowest BCUT2D eigenvalue weighted by Crippen LogP contribution is -1.95. The first-order valence-electron chi connectivity index (χ1n) is 4.12. The molecule has 1 N–H and O–H groups in total. The second kappa shape index (κ2) is 8.10. The molecule has 6 heteroatoms. The van der Waals surface area contributed by atoms with E-state index < -0.39 is 14.2 Å². The van der Waals surface area contributed by atoms with E-state index in [1.807, 2.05) is 0 Å². The quantitative estimate of drug-likeness (QED) is 0.476. The lowest BCUT2D eigenvalue weighted by atomic mass is 10.1. The zero-order valence-corrected chi connectivity index (χ0v) is 8.16. The van der Waals surface area contributed by atoms with Crippen LogP contribution in [-0.2, 0) is 13.9 Å². The number of carboxylic acid groups (broad SMARTS) is 1. The predicted octanol–water partition coefficient (Wildman–Crippen LogP) is 1.06. The van der Waals surface area contributed by atoms with E-state index in [0.717, 1.165) is 12.8 Å². The molecule has 13 heavy (non-hydrogen) atoms. The zero-order valence-electron chi connectivity index (χ0n) is 7.27. The van der Waals surface area contributed by atoms with E-state index in [2.05, 4.69) is 4.52 Å². The summed E-state index contributed by atoms with van der Waals surface area (Å²) in [6.45, 7) is 0.200. The minimum absolute atomic E-state index is 0.177. The van der Waals surface area contributed by atoms with Gasteiger partial charge in [-0.05, 0) is 17.4 Å². The minimum atomic E-state index is -2.73. The van der Waals surface area contributed by atoms with Crippen LogP contribution in [0.1, 0.15) is 32.1 Å². The average molecular weight is 208 g/mol. The molecule has 1 atom stereocenters. The summed E-state index contributed by atoms with van der Waals surface area (Å²) in [5, 5.41) is 8.28. The van der Waals surface area contributed by atoms with Gasteiger partial charge < -0.3 is 10.00 Å². The molecule has 0 aromatic carbocycles. The molecule has 0 bridgehead atoms. The Bertz CT molecular complexity index is 152. The van der Waals surface area contributed by atoms with Gasteiger partial charge in [-0.3, -0.25) is 4.79 Å². The lowest BCUT2D eigenvalue weighted by Gasteiger charge is -1.96. The van der Waals surface area contributed by atoms with Crippen LogP contribution in [0.25, 0.3) is 0 Å². The van der Waals surface area contributed by atoms with Gasteiger partial charge in [0.15, 0.2) is 0 Å². The van der Waals surface area contributed by atoms with Gasteiger partial charge in [0.2, 0.25) is 0 Å². The Balaban J connectivity index is 3.00. The molecular formula is C7H13O5P. The fourth-order valence-electron chi connectivity index (χ4n) is 0.871. The number of carboxylic acids is 1. The van der Waals surface area contributed by atoms with Crippen molar-refractivity contribution >= 4 is 14.2 Å². The minimum Gasteiger partial charge on any atom is -0.566 e. The number of unbranched alkanes of at least 4 members (excludes halogenated alkanes) is 3. The van der Waals surface area contributed by atoms with Gasteiger partial charge in [0.1, 0.15) is 6.61 Å². The van der Waals surface area contributed by atoms with E-state index in [4.69, 9.17) is 5.11 Å². The van der Waals surface area contributed by atoms with Crippen molar-refractivity contribution in [3.8, 4) is 0 Å². The van der Waals surface area contributed by atoms with Gasteiger partial charge >= 0.3 is 14.2 Å². The van der Waals surface area contributed by atoms with E-state index in [1.54, 1.807) is 0 Å². The Labute approximate surface area is 77.7 Å². The zero-order chi connectivity index (χ0) is 10.1. The number of carbonyl (C=O) groups is 1. The number of aliphatic carboxylic acids is 1. The Morgan fingerprint density at radius 1 is 1.31 bits per heavy atom. The van der Waals surface area contributed by atoms with Crippen molar-refractivity contribution in [3.05, 3.63) is 0 Å². The second-order valence-electron chi connectivity index (χ2n) is 2.61. The van der Waals surface area contributed by atoms with Crippen molar-refractivity contribution < 1.29 is 23.9 Å². The van der Waals surface area contributed by atoms with Crippen molar-refractivity contribution in [1.82, 2.24) is 0 Å². The standard InChI is InChI=1S/C7H13O5P/c8-7(9)5-3-1-2-4-6-12-13(10)11/h1-6H2,(H,8,9). The highest BCUT2D eigenvalue weighted by Crippen LogP contribution is 2.10. The van der Waals surface area contributed by atoms with E-state index in [1.165, 1.54) is 0 Å². The molecule has 1 unspecified atom stereocenters. The first-order chi connectivity index (χ1) is 6.13. The van der Waals surface area contributed by atoms with Crippen molar-refractivity contribution in [2.75, 3.05) is 6.61 Å². The molecule has 0 saturated carbocycles. The predicted molar refractivity (Wildman–Crippen MR) is 44.3 cm³/mol. The summed E-state index contributed by atoms with van der Waals surface area (Å²) in [5.41, 5.74) is 0. The third kappa shape index (κ3) is 11.5. The summed E-state index contributed by atoms with van der Waals surface area (Å²) in [6.07, 6.45) is 3.07. The Hall–Kier alpha value is -0.510.